The van der Waals surface area contributed by atoms with E-state index in [0.29, 0.717) is 18.6 Å². The molecular formula is C12H13Br2NO3. The lowest BCUT2D eigenvalue weighted by atomic mass is 9.89. The molecule has 0 radical (unpaired) electrons. The van der Waals surface area contributed by atoms with Gasteiger partial charge in [0.2, 0.25) is 0 Å². The van der Waals surface area contributed by atoms with E-state index >= 15 is 0 Å². The zero-order chi connectivity index (χ0) is 13.1. The number of hydrogen-bond donors (Lipinski definition) is 2. The second kappa shape index (κ2) is 6.04. The average molecular weight is 379 g/mol. The number of hydrogen-bond acceptors (Lipinski definition) is 3. The van der Waals surface area contributed by atoms with Gasteiger partial charge in [0, 0.05) is 10.5 Å². The summed E-state index contributed by atoms with van der Waals surface area (Å²) in [5, 5.41) is 11.9. The number of halogens is 2. The third kappa shape index (κ3) is 3.70. The summed E-state index contributed by atoms with van der Waals surface area (Å²) < 4.78 is 7.14. The molecule has 0 bridgehead atoms. The molecule has 1 fully saturated rings. The number of amides is 1. The number of aliphatic hydroxyl groups excluding tert-OH is 1. The predicted molar refractivity (Wildman–Crippen MR) is 74.5 cm³/mol. The van der Waals surface area contributed by atoms with Crippen LogP contribution in [0.5, 0.6) is 5.75 Å². The lowest BCUT2D eigenvalue weighted by Gasteiger charge is -2.31. The van der Waals surface area contributed by atoms with Crippen molar-refractivity contribution in [3.63, 3.8) is 0 Å². The largest absolute Gasteiger partial charge is 0.483 e. The highest BCUT2D eigenvalue weighted by molar-refractivity contribution is 9.11. The van der Waals surface area contributed by atoms with Crippen molar-refractivity contribution >= 4 is 37.8 Å². The molecule has 0 atom stereocenters. The van der Waals surface area contributed by atoms with Crippen molar-refractivity contribution in [1.82, 2.24) is 5.32 Å². The van der Waals surface area contributed by atoms with Crippen LogP contribution in [0.15, 0.2) is 27.1 Å². The van der Waals surface area contributed by atoms with Crippen molar-refractivity contribution in [3.05, 3.63) is 27.1 Å². The van der Waals surface area contributed by atoms with E-state index in [9.17, 15) is 4.79 Å². The minimum Gasteiger partial charge on any atom is -0.483 e. The van der Waals surface area contributed by atoms with Crippen LogP contribution in [-0.2, 0) is 4.79 Å². The molecule has 0 spiro atoms. The Bertz CT molecular complexity index is 447. The van der Waals surface area contributed by atoms with Gasteiger partial charge in [-0.15, -0.1) is 0 Å². The van der Waals surface area contributed by atoms with Crippen LogP contribution in [-0.4, -0.2) is 29.8 Å². The van der Waals surface area contributed by atoms with Crippen molar-refractivity contribution < 1.29 is 14.6 Å². The number of nitrogens with one attached hydrogen (secondary N) is 1. The fourth-order valence-electron chi connectivity index (χ4n) is 1.71. The molecule has 0 unspecified atom stereocenters. The SMILES string of the molecule is O=C(COc1ccc(Br)cc1Br)NC1CC(O)C1. The Morgan fingerprint density at radius 2 is 2.17 bits per heavy atom. The Labute approximate surface area is 122 Å². The lowest BCUT2D eigenvalue weighted by molar-refractivity contribution is -0.125. The zero-order valence-electron chi connectivity index (χ0n) is 9.53. The molecule has 1 amide bonds. The number of ether oxygens (including phenoxy) is 1. The monoisotopic (exact) mass is 377 g/mol. The van der Waals surface area contributed by atoms with E-state index in [1.807, 2.05) is 12.1 Å². The lowest BCUT2D eigenvalue weighted by Crippen LogP contribution is -2.48. The van der Waals surface area contributed by atoms with Gasteiger partial charge in [0.25, 0.3) is 5.91 Å². The molecule has 1 aliphatic rings. The second-order valence-electron chi connectivity index (χ2n) is 4.25. The molecule has 2 N–H and O–H groups in total. The highest BCUT2D eigenvalue weighted by atomic mass is 79.9. The first kappa shape index (κ1) is 13.8. The molecule has 1 saturated carbocycles. The molecule has 1 aromatic carbocycles. The first-order chi connectivity index (χ1) is 8.54. The number of benzene rings is 1. The van der Waals surface area contributed by atoms with Crippen molar-refractivity contribution in [2.24, 2.45) is 0 Å². The van der Waals surface area contributed by atoms with Crippen LogP contribution >= 0.6 is 31.9 Å². The predicted octanol–water partition coefficient (Wildman–Crippen LogP) is 2.23. The van der Waals surface area contributed by atoms with Crippen LogP contribution in [0.3, 0.4) is 0 Å². The van der Waals surface area contributed by atoms with Crippen molar-refractivity contribution in [2.45, 2.75) is 25.0 Å². The van der Waals surface area contributed by atoms with Crippen LogP contribution in [0.2, 0.25) is 0 Å². The minimum atomic E-state index is -0.267. The van der Waals surface area contributed by atoms with E-state index in [-0.39, 0.29) is 24.7 Å². The van der Waals surface area contributed by atoms with Gasteiger partial charge in [-0.25, -0.2) is 0 Å². The molecule has 1 aliphatic carbocycles. The second-order valence-corrected chi connectivity index (χ2v) is 6.02. The standard InChI is InChI=1S/C12H13Br2NO3/c13-7-1-2-11(10(14)3-7)18-6-12(17)15-8-4-9(16)5-8/h1-3,8-9,16H,4-6H2,(H,15,17). The first-order valence-corrected chi connectivity index (χ1v) is 7.18. The number of aliphatic hydroxyl groups is 1. The summed E-state index contributed by atoms with van der Waals surface area (Å²) in [6.45, 7) is -0.0210. The summed E-state index contributed by atoms with van der Waals surface area (Å²) in [4.78, 5) is 11.6. The molecule has 1 aromatic rings. The van der Waals surface area contributed by atoms with Crippen molar-refractivity contribution in [3.8, 4) is 5.75 Å². The highest BCUT2D eigenvalue weighted by Gasteiger charge is 2.28. The van der Waals surface area contributed by atoms with Gasteiger partial charge in [-0.2, -0.15) is 0 Å². The third-order valence-corrected chi connectivity index (χ3v) is 3.84. The highest BCUT2D eigenvalue weighted by Crippen LogP contribution is 2.28. The van der Waals surface area contributed by atoms with Gasteiger partial charge in [-0.05, 0) is 47.0 Å². The van der Waals surface area contributed by atoms with E-state index in [0.717, 1.165) is 8.95 Å². The fraction of sp³-hybridized carbons (Fsp3) is 0.417. The Morgan fingerprint density at radius 1 is 1.44 bits per heavy atom. The molecule has 0 aromatic heterocycles. The van der Waals surface area contributed by atoms with Gasteiger partial charge in [-0.3, -0.25) is 4.79 Å². The van der Waals surface area contributed by atoms with Crippen LogP contribution in [0.25, 0.3) is 0 Å². The Kier molecular flexibility index (Phi) is 4.64. The Balaban J connectivity index is 1.78. The summed E-state index contributed by atoms with van der Waals surface area (Å²) in [5.74, 6) is 0.462. The van der Waals surface area contributed by atoms with E-state index in [1.54, 1.807) is 6.07 Å². The molecule has 98 valence electrons. The molecule has 0 saturated heterocycles. The number of carbonyl (C=O) groups excluding carboxylic acids is 1. The van der Waals surface area contributed by atoms with Crippen molar-refractivity contribution in [1.29, 1.82) is 0 Å². The fourth-order valence-corrected chi connectivity index (χ4v) is 2.87. The third-order valence-electron chi connectivity index (χ3n) is 2.73. The van der Waals surface area contributed by atoms with Gasteiger partial charge >= 0.3 is 0 Å². The van der Waals surface area contributed by atoms with Crippen molar-refractivity contribution in [2.75, 3.05) is 6.61 Å². The first-order valence-electron chi connectivity index (χ1n) is 5.60. The summed E-state index contributed by atoms with van der Waals surface area (Å²) in [7, 11) is 0. The smallest absolute Gasteiger partial charge is 0.258 e. The summed E-state index contributed by atoms with van der Waals surface area (Å²) in [6.07, 6.45) is 0.998. The molecule has 0 heterocycles. The van der Waals surface area contributed by atoms with E-state index < -0.39 is 0 Å². The maximum Gasteiger partial charge on any atom is 0.258 e. The zero-order valence-corrected chi connectivity index (χ0v) is 12.7. The summed E-state index contributed by atoms with van der Waals surface area (Å²) in [5.41, 5.74) is 0. The summed E-state index contributed by atoms with van der Waals surface area (Å²) in [6, 6.07) is 5.58. The van der Waals surface area contributed by atoms with Crippen LogP contribution in [0.1, 0.15) is 12.8 Å². The number of carbonyl (C=O) groups is 1. The maximum absolute atomic E-state index is 11.6. The maximum atomic E-state index is 11.6. The normalized spacial score (nSPS) is 22.2. The van der Waals surface area contributed by atoms with E-state index in [4.69, 9.17) is 9.84 Å². The van der Waals surface area contributed by atoms with Gasteiger partial charge in [0.05, 0.1) is 10.6 Å². The minimum absolute atomic E-state index is 0.0210. The topological polar surface area (TPSA) is 58.6 Å². The van der Waals surface area contributed by atoms with E-state index in [1.165, 1.54) is 0 Å². The molecule has 0 aliphatic heterocycles. The van der Waals surface area contributed by atoms with Gasteiger partial charge in [-0.1, -0.05) is 15.9 Å². The number of rotatable bonds is 4. The van der Waals surface area contributed by atoms with Crippen LogP contribution in [0, 0.1) is 0 Å². The van der Waals surface area contributed by atoms with Crippen LogP contribution < -0.4 is 10.1 Å². The van der Waals surface area contributed by atoms with Crippen LogP contribution in [0.4, 0.5) is 0 Å². The molecule has 2 rings (SSSR count). The molecular weight excluding hydrogens is 366 g/mol. The average Bonchev–Trinajstić information content (AvgIpc) is 2.26. The quantitative estimate of drug-likeness (QED) is 0.844. The Hall–Kier alpha value is -0.590. The van der Waals surface area contributed by atoms with Gasteiger partial charge < -0.3 is 15.2 Å². The molecule has 4 nitrogen and oxygen atoms in total. The van der Waals surface area contributed by atoms with E-state index in [2.05, 4.69) is 37.2 Å². The van der Waals surface area contributed by atoms with Gasteiger partial charge in [0.1, 0.15) is 5.75 Å². The Morgan fingerprint density at radius 3 is 2.78 bits per heavy atom. The summed E-state index contributed by atoms with van der Waals surface area (Å²) >= 11 is 6.70. The van der Waals surface area contributed by atoms with Gasteiger partial charge in [0.15, 0.2) is 6.61 Å². The molecule has 18 heavy (non-hydrogen) atoms. The molecule has 6 heteroatoms.